The van der Waals surface area contributed by atoms with Gasteiger partial charge in [-0.2, -0.15) is 15.1 Å². The number of oxazole rings is 1. The van der Waals surface area contributed by atoms with E-state index in [1.54, 1.807) is 36.3 Å². The molecule has 1 fully saturated rings. The lowest BCUT2D eigenvalue weighted by Gasteiger charge is -2.05. The molecule has 0 saturated heterocycles. The molecule has 4 heterocycles. The molecule has 0 N–H and O–H groups in total. The molecule has 0 atom stereocenters. The molecule has 0 amide bonds. The molecular formula is C23H16ClFN6O2. The van der Waals surface area contributed by atoms with Gasteiger partial charge in [0.15, 0.2) is 17.3 Å². The van der Waals surface area contributed by atoms with Crippen molar-refractivity contribution in [3.05, 3.63) is 75.8 Å². The Bertz CT molecular complexity index is 1600. The van der Waals surface area contributed by atoms with Crippen molar-refractivity contribution in [1.82, 2.24) is 29.3 Å². The number of hydrogen-bond donors (Lipinski definition) is 0. The normalized spacial score (nSPS) is 13.7. The third kappa shape index (κ3) is 3.32. The molecule has 1 aliphatic carbocycles. The third-order valence-corrected chi connectivity index (χ3v) is 5.96. The predicted octanol–water partition coefficient (Wildman–Crippen LogP) is 4.51. The summed E-state index contributed by atoms with van der Waals surface area (Å²) in [6, 6.07) is 9.75. The second-order valence-corrected chi connectivity index (χ2v) is 8.33. The first-order chi connectivity index (χ1) is 16.0. The van der Waals surface area contributed by atoms with Crippen molar-refractivity contribution in [3.8, 4) is 28.7 Å². The van der Waals surface area contributed by atoms with Gasteiger partial charge in [-0.3, -0.25) is 9.67 Å². The largest absolute Gasteiger partial charge is 0.432 e. The van der Waals surface area contributed by atoms with E-state index in [1.807, 2.05) is 12.1 Å². The molecule has 4 aromatic heterocycles. The van der Waals surface area contributed by atoms with Crippen molar-refractivity contribution < 1.29 is 8.81 Å². The van der Waals surface area contributed by atoms with Gasteiger partial charge in [0, 0.05) is 30.9 Å². The smallest absolute Gasteiger partial charge is 0.353 e. The average Bonchev–Trinajstić information content (AvgIpc) is 3.50. The summed E-state index contributed by atoms with van der Waals surface area (Å²) < 4.78 is 23.3. The summed E-state index contributed by atoms with van der Waals surface area (Å²) in [5.41, 5.74) is 2.44. The number of nitrogens with zero attached hydrogens (tertiary/aromatic N) is 6. The Hall–Kier alpha value is -3.85. The fraction of sp³-hybridized carbons (Fsp3) is 0.174. The average molecular weight is 463 g/mol. The van der Waals surface area contributed by atoms with Crippen LogP contribution in [0.4, 0.5) is 4.39 Å². The molecule has 0 aliphatic heterocycles. The second kappa shape index (κ2) is 7.35. The van der Waals surface area contributed by atoms with Crippen LogP contribution in [0.3, 0.4) is 0 Å². The highest BCUT2D eigenvalue weighted by molar-refractivity contribution is 6.30. The number of aryl methyl sites for hydroxylation is 1. The van der Waals surface area contributed by atoms with E-state index in [9.17, 15) is 9.18 Å². The van der Waals surface area contributed by atoms with Gasteiger partial charge in [-0.15, -0.1) is 0 Å². The van der Waals surface area contributed by atoms with Gasteiger partial charge in [0.1, 0.15) is 11.3 Å². The standard InChI is InChI=1S/C23H16ClFN6O2/c1-30-17-3-2-9-26-18(17)19(29-30)22-28-21(20(33-22)13-6-7-14(24)15(25)11-13)31-10-8-16(12-4-5-12)27-23(31)32/h2-3,6-12H,4-5H2,1H3. The summed E-state index contributed by atoms with van der Waals surface area (Å²) in [6.07, 6.45) is 5.33. The second-order valence-electron chi connectivity index (χ2n) is 7.92. The molecule has 0 radical (unpaired) electrons. The van der Waals surface area contributed by atoms with Crippen LogP contribution in [0.2, 0.25) is 5.02 Å². The molecule has 0 spiro atoms. The quantitative estimate of drug-likeness (QED) is 0.390. The fourth-order valence-electron chi connectivity index (χ4n) is 3.82. The van der Waals surface area contributed by atoms with Crippen molar-refractivity contribution in [1.29, 1.82) is 0 Å². The van der Waals surface area contributed by atoms with Crippen molar-refractivity contribution in [2.45, 2.75) is 18.8 Å². The van der Waals surface area contributed by atoms with Gasteiger partial charge in [0.05, 0.1) is 16.2 Å². The van der Waals surface area contributed by atoms with E-state index in [0.717, 1.165) is 24.1 Å². The lowest BCUT2D eigenvalue weighted by molar-refractivity contribution is 0.581. The number of rotatable bonds is 4. The minimum atomic E-state index is -0.613. The minimum Gasteiger partial charge on any atom is -0.432 e. The Kier molecular flexibility index (Phi) is 4.41. The third-order valence-electron chi connectivity index (χ3n) is 5.65. The molecule has 0 unspecified atom stereocenters. The van der Waals surface area contributed by atoms with Crippen LogP contribution in [0.1, 0.15) is 24.5 Å². The maximum Gasteiger partial charge on any atom is 0.353 e. The van der Waals surface area contributed by atoms with Crippen LogP contribution in [-0.2, 0) is 7.05 Å². The highest BCUT2D eigenvalue weighted by Crippen LogP contribution is 2.39. The SMILES string of the molecule is Cn1nc(-c2nc(-n3ccc(C4CC4)nc3=O)c(-c3ccc(Cl)c(F)c3)o2)c2ncccc21. The summed E-state index contributed by atoms with van der Waals surface area (Å²) in [4.78, 5) is 26.1. The maximum absolute atomic E-state index is 14.3. The van der Waals surface area contributed by atoms with Crippen LogP contribution < -0.4 is 5.69 Å². The van der Waals surface area contributed by atoms with Crippen molar-refractivity contribution in [2.24, 2.45) is 7.05 Å². The molecule has 1 aliphatic rings. The molecule has 164 valence electrons. The zero-order valence-corrected chi connectivity index (χ0v) is 18.1. The van der Waals surface area contributed by atoms with Crippen molar-refractivity contribution in [2.75, 3.05) is 0 Å². The number of fused-ring (bicyclic) bond motifs is 1. The molecule has 0 bridgehead atoms. The van der Waals surface area contributed by atoms with E-state index in [2.05, 4.69) is 20.1 Å². The number of halogens is 2. The lowest BCUT2D eigenvalue weighted by Crippen LogP contribution is -2.22. The van der Waals surface area contributed by atoms with Gasteiger partial charge in [-0.05, 0) is 49.2 Å². The van der Waals surface area contributed by atoms with E-state index < -0.39 is 11.5 Å². The zero-order chi connectivity index (χ0) is 22.7. The van der Waals surface area contributed by atoms with Gasteiger partial charge < -0.3 is 4.42 Å². The molecule has 5 aromatic rings. The molecule has 1 aromatic carbocycles. The first-order valence-corrected chi connectivity index (χ1v) is 10.7. The Morgan fingerprint density at radius 3 is 2.79 bits per heavy atom. The lowest BCUT2D eigenvalue weighted by atomic mass is 10.1. The van der Waals surface area contributed by atoms with Gasteiger partial charge in [-0.1, -0.05) is 11.6 Å². The topological polar surface area (TPSA) is 91.6 Å². The van der Waals surface area contributed by atoms with Crippen LogP contribution in [0.25, 0.3) is 39.8 Å². The van der Waals surface area contributed by atoms with E-state index >= 15 is 0 Å². The van der Waals surface area contributed by atoms with Gasteiger partial charge in [0.2, 0.25) is 0 Å². The van der Waals surface area contributed by atoms with Crippen LogP contribution >= 0.6 is 11.6 Å². The molecular weight excluding hydrogens is 447 g/mol. The van der Waals surface area contributed by atoms with Crippen LogP contribution in [0.5, 0.6) is 0 Å². The Balaban J connectivity index is 1.58. The number of benzene rings is 1. The minimum absolute atomic E-state index is 0.0208. The highest BCUT2D eigenvalue weighted by Gasteiger charge is 2.27. The first kappa shape index (κ1) is 19.8. The van der Waals surface area contributed by atoms with E-state index in [4.69, 9.17) is 16.0 Å². The van der Waals surface area contributed by atoms with Crippen LogP contribution in [-0.4, -0.2) is 29.3 Å². The summed E-state index contributed by atoms with van der Waals surface area (Å²) in [5, 5.41) is 4.48. The van der Waals surface area contributed by atoms with Gasteiger partial charge in [0.25, 0.3) is 5.89 Å². The molecule has 6 rings (SSSR count). The van der Waals surface area contributed by atoms with E-state index in [1.165, 1.54) is 16.7 Å². The number of hydrogen-bond acceptors (Lipinski definition) is 6. The molecule has 8 nitrogen and oxygen atoms in total. The van der Waals surface area contributed by atoms with Crippen molar-refractivity contribution in [3.63, 3.8) is 0 Å². The predicted molar refractivity (Wildman–Crippen MR) is 120 cm³/mol. The van der Waals surface area contributed by atoms with Gasteiger partial charge >= 0.3 is 5.69 Å². The van der Waals surface area contributed by atoms with Crippen LogP contribution in [0, 0.1) is 5.82 Å². The van der Waals surface area contributed by atoms with Crippen LogP contribution in [0.15, 0.2) is 58.0 Å². The fourth-order valence-corrected chi connectivity index (χ4v) is 3.94. The Labute approximate surface area is 191 Å². The summed E-state index contributed by atoms with van der Waals surface area (Å²) in [5.74, 6) is 0.242. The molecule has 10 heteroatoms. The first-order valence-electron chi connectivity index (χ1n) is 10.3. The Morgan fingerprint density at radius 2 is 2.03 bits per heavy atom. The summed E-state index contributed by atoms with van der Waals surface area (Å²) in [6.45, 7) is 0. The Morgan fingerprint density at radius 1 is 1.18 bits per heavy atom. The van der Waals surface area contributed by atoms with E-state index in [0.29, 0.717) is 22.7 Å². The van der Waals surface area contributed by atoms with Crippen molar-refractivity contribution >= 4 is 22.6 Å². The summed E-state index contributed by atoms with van der Waals surface area (Å²) >= 11 is 5.86. The highest BCUT2D eigenvalue weighted by atomic mass is 35.5. The summed E-state index contributed by atoms with van der Waals surface area (Å²) in [7, 11) is 1.79. The molecule has 1 saturated carbocycles. The van der Waals surface area contributed by atoms with Gasteiger partial charge in [-0.25, -0.2) is 13.8 Å². The molecule has 33 heavy (non-hydrogen) atoms. The maximum atomic E-state index is 14.3. The number of aromatic nitrogens is 6. The number of pyridine rings is 1. The zero-order valence-electron chi connectivity index (χ0n) is 17.4. The monoisotopic (exact) mass is 462 g/mol. The van der Waals surface area contributed by atoms with E-state index in [-0.39, 0.29) is 22.5 Å².